The predicted molar refractivity (Wildman–Crippen MR) is 113 cm³/mol. The molecule has 0 spiro atoms. The minimum atomic E-state index is -3.87. The number of likely N-dealkylation sites (tertiary alicyclic amines) is 1. The molecular weight excluding hydrogens is 392 g/mol. The first-order valence-electron chi connectivity index (χ1n) is 9.22. The average molecular weight is 415 g/mol. The van der Waals surface area contributed by atoms with Crippen LogP contribution >= 0.6 is 11.8 Å². The summed E-state index contributed by atoms with van der Waals surface area (Å²) in [6.07, 6.45) is 5.32. The minimum Gasteiger partial charge on any atom is -0.338 e. The normalized spacial score (nSPS) is 18.0. The molecule has 5 nitrogen and oxygen atoms in total. The molecule has 4 rings (SSSR count). The third-order valence-electron chi connectivity index (χ3n) is 5.13. The number of amides is 1. The highest BCUT2D eigenvalue weighted by atomic mass is 32.2. The van der Waals surface area contributed by atoms with Crippen molar-refractivity contribution in [1.82, 2.24) is 4.90 Å². The van der Waals surface area contributed by atoms with Gasteiger partial charge in [-0.15, -0.1) is 11.8 Å². The number of nitrogens with zero attached hydrogens (tertiary/aromatic N) is 2. The van der Waals surface area contributed by atoms with Crippen molar-refractivity contribution in [2.24, 2.45) is 0 Å². The van der Waals surface area contributed by atoms with Crippen molar-refractivity contribution >= 4 is 38.9 Å². The molecule has 2 aromatic carbocycles. The van der Waals surface area contributed by atoms with Gasteiger partial charge in [-0.2, -0.15) is 0 Å². The highest BCUT2D eigenvalue weighted by molar-refractivity contribution is 7.98. The van der Waals surface area contributed by atoms with Crippen LogP contribution in [-0.4, -0.2) is 38.6 Å². The van der Waals surface area contributed by atoms with Gasteiger partial charge in [0.1, 0.15) is 0 Å². The van der Waals surface area contributed by atoms with E-state index in [-0.39, 0.29) is 9.80 Å². The predicted octanol–water partition coefficient (Wildman–Crippen LogP) is 4.11. The molecule has 0 atom stereocenters. The van der Waals surface area contributed by atoms with E-state index in [0.29, 0.717) is 18.8 Å². The van der Waals surface area contributed by atoms with Gasteiger partial charge < -0.3 is 9.80 Å². The van der Waals surface area contributed by atoms with Gasteiger partial charge >= 0.3 is 0 Å². The Labute approximate surface area is 170 Å². The van der Waals surface area contributed by atoms with Crippen LogP contribution in [0.4, 0.5) is 11.4 Å². The number of anilines is 2. The van der Waals surface area contributed by atoms with Gasteiger partial charge in [0.2, 0.25) is 9.84 Å². The third kappa shape index (κ3) is 3.22. The number of thioether (sulfide) groups is 1. The fourth-order valence-corrected chi connectivity index (χ4v) is 5.61. The Morgan fingerprint density at radius 1 is 1.07 bits per heavy atom. The lowest BCUT2D eigenvalue weighted by molar-refractivity contribution is -0.125. The Morgan fingerprint density at radius 3 is 2.54 bits per heavy atom. The number of carbonyl (C=O) groups is 1. The summed E-state index contributed by atoms with van der Waals surface area (Å²) < 4.78 is 26.5. The molecule has 0 aromatic heterocycles. The van der Waals surface area contributed by atoms with Gasteiger partial charge in [0, 0.05) is 29.9 Å². The molecule has 0 aliphatic carbocycles. The average Bonchev–Trinajstić information content (AvgIpc) is 3.22. The molecular formula is C21H22N2O3S2. The summed E-state index contributed by atoms with van der Waals surface area (Å²) in [5, 5.41) is 0. The molecule has 1 amide bonds. The molecule has 0 radical (unpaired) electrons. The van der Waals surface area contributed by atoms with Crippen molar-refractivity contribution in [3.8, 4) is 0 Å². The number of aryl methyl sites for hydroxylation is 1. The first-order chi connectivity index (χ1) is 13.4. The van der Waals surface area contributed by atoms with Crippen LogP contribution in [0.15, 0.2) is 63.4 Å². The summed E-state index contributed by atoms with van der Waals surface area (Å²) in [5.41, 5.74) is 2.37. The number of fused-ring (bicyclic) bond motifs is 1. The van der Waals surface area contributed by atoms with Crippen LogP contribution in [0.3, 0.4) is 0 Å². The summed E-state index contributed by atoms with van der Waals surface area (Å²) in [6.45, 7) is 3.14. The monoisotopic (exact) mass is 414 g/mol. The molecule has 0 unspecified atom stereocenters. The first kappa shape index (κ1) is 19.1. The molecule has 2 aliphatic rings. The molecule has 1 fully saturated rings. The Balaban J connectivity index is 1.90. The lowest BCUT2D eigenvalue weighted by Crippen LogP contribution is -2.35. The molecule has 146 valence electrons. The summed E-state index contributed by atoms with van der Waals surface area (Å²) in [6, 6.07) is 13.1. The topological polar surface area (TPSA) is 57.7 Å². The van der Waals surface area contributed by atoms with Gasteiger partial charge in [-0.3, -0.25) is 4.79 Å². The van der Waals surface area contributed by atoms with Crippen molar-refractivity contribution in [3.63, 3.8) is 0 Å². The number of carbonyl (C=O) groups excluding carboxylic acids is 1. The summed E-state index contributed by atoms with van der Waals surface area (Å²) in [5.74, 6) is -0.408. The lowest BCUT2D eigenvalue weighted by atomic mass is 10.2. The Hall–Kier alpha value is -2.25. The molecule has 28 heavy (non-hydrogen) atoms. The number of benzene rings is 2. The van der Waals surface area contributed by atoms with Crippen LogP contribution in [0, 0.1) is 6.92 Å². The molecule has 0 bridgehead atoms. The van der Waals surface area contributed by atoms with Gasteiger partial charge in [0.25, 0.3) is 5.91 Å². The molecule has 1 saturated heterocycles. The zero-order valence-electron chi connectivity index (χ0n) is 15.9. The van der Waals surface area contributed by atoms with E-state index in [4.69, 9.17) is 0 Å². The van der Waals surface area contributed by atoms with Crippen molar-refractivity contribution < 1.29 is 13.2 Å². The first-order valence-corrected chi connectivity index (χ1v) is 11.9. The molecule has 2 aromatic rings. The third-order valence-corrected chi connectivity index (χ3v) is 7.64. The fraction of sp³-hybridized carbons (Fsp3) is 0.286. The van der Waals surface area contributed by atoms with E-state index in [0.717, 1.165) is 29.0 Å². The van der Waals surface area contributed by atoms with Crippen LogP contribution < -0.4 is 4.90 Å². The van der Waals surface area contributed by atoms with Crippen molar-refractivity contribution in [3.05, 3.63) is 59.1 Å². The maximum Gasteiger partial charge on any atom is 0.267 e. The van der Waals surface area contributed by atoms with E-state index in [1.807, 2.05) is 48.4 Å². The van der Waals surface area contributed by atoms with Crippen LogP contribution in [0.1, 0.15) is 18.4 Å². The highest BCUT2D eigenvalue weighted by Gasteiger charge is 2.38. The van der Waals surface area contributed by atoms with Crippen LogP contribution in [0.5, 0.6) is 0 Å². The van der Waals surface area contributed by atoms with E-state index in [9.17, 15) is 13.2 Å². The molecule has 7 heteroatoms. The number of sulfone groups is 1. The molecule has 2 heterocycles. The molecule has 2 aliphatic heterocycles. The van der Waals surface area contributed by atoms with Gasteiger partial charge in [-0.1, -0.05) is 12.1 Å². The van der Waals surface area contributed by atoms with Gasteiger partial charge in [0.05, 0.1) is 10.6 Å². The Morgan fingerprint density at radius 2 is 1.82 bits per heavy atom. The van der Waals surface area contributed by atoms with E-state index in [2.05, 4.69) is 0 Å². The highest BCUT2D eigenvalue weighted by Crippen LogP contribution is 2.41. The van der Waals surface area contributed by atoms with Crippen LogP contribution in [0.2, 0.25) is 0 Å². The second-order valence-electron chi connectivity index (χ2n) is 7.04. The Kier molecular flexibility index (Phi) is 4.97. The van der Waals surface area contributed by atoms with Crippen molar-refractivity contribution in [2.75, 3.05) is 24.2 Å². The summed E-state index contributed by atoms with van der Waals surface area (Å²) in [4.78, 5) is 17.6. The SMILES string of the molecule is CSc1cccc(N2C=C(C(=O)N3CCCC3)S(=O)(=O)c3ccc(C)cc32)c1. The number of hydrogen-bond acceptors (Lipinski definition) is 5. The minimum absolute atomic E-state index is 0.152. The molecule has 0 N–H and O–H groups in total. The standard InChI is InChI=1S/C21H22N2O3S2/c1-15-8-9-19-18(12-15)23(16-6-5-7-17(13-16)27-2)14-20(28(19,25)26)21(24)22-10-3-4-11-22/h5-9,12-14H,3-4,10-11H2,1-2H3. The van der Waals surface area contributed by atoms with E-state index < -0.39 is 15.7 Å². The second kappa shape index (κ2) is 7.29. The van der Waals surface area contributed by atoms with Crippen molar-refractivity contribution in [1.29, 1.82) is 0 Å². The van der Waals surface area contributed by atoms with E-state index in [1.165, 1.54) is 6.20 Å². The van der Waals surface area contributed by atoms with E-state index >= 15 is 0 Å². The molecule has 0 saturated carbocycles. The van der Waals surface area contributed by atoms with Crippen molar-refractivity contribution in [2.45, 2.75) is 29.6 Å². The van der Waals surface area contributed by atoms with Gasteiger partial charge in [-0.25, -0.2) is 8.42 Å². The quantitative estimate of drug-likeness (QED) is 0.708. The maximum absolute atomic E-state index is 13.3. The zero-order chi connectivity index (χ0) is 19.9. The number of rotatable bonds is 3. The zero-order valence-corrected chi connectivity index (χ0v) is 17.5. The van der Waals surface area contributed by atoms with E-state index in [1.54, 1.807) is 28.8 Å². The number of hydrogen-bond donors (Lipinski definition) is 0. The maximum atomic E-state index is 13.3. The van der Waals surface area contributed by atoms with Gasteiger partial charge in [0.15, 0.2) is 4.91 Å². The lowest BCUT2D eigenvalue weighted by Gasteiger charge is -2.30. The van der Waals surface area contributed by atoms with Crippen LogP contribution in [-0.2, 0) is 14.6 Å². The fourth-order valence-electron chi connectivity index (χ4n) is 3.64. The second-order valence-corrected chi connectivity index (χ2v) is 9.80. The summed E-state index contributed by atoms with van der Waals surface area (Å²) >= 11 is 1.62. The Bertz CT molecular complexity index is 1070. The largest absolute Gasteiger partial charge is 0.338 e. The summed E-state index contributed by atoms with van der Waals surface area (Å²) in [7, 11) is -3.87. The van der Waals surface area contributed by atoms with Crippen LogP contribution in [0.25, 0.3) is 0 Å². The smallest absolute Gasteiger partial charge is 0.267 e. The van der Waals surface area contributed by atoms with Gasteiger partial charge in [-0.05, 0) is 61.9 Å².